The third-order valence-corrected chi connectivity index (χ3v) is 4.69. The molecule has 0 N–H and O–H groups in total. The lowest BCUT2D eigenvalue weighted by Crippen LogP contribution is -2.38. The van der Waals surface area contributed by atoms with Crippen LogP contribution in [0.25, 0.3) is 10.9 Å². The number of amides is 1. The zero-order valence-electron chi connectivity index (χ0n) is 14.3. The molecule has 0 radical (unpaired) electrons. The molecule has 0 unspecified atom stereocenters. The average molecular weight is 309 g/mol. The molecule has 1 amide bonds. The number of carbonyl (C=O) groups excluding carboxylic acids is 1. The maximum absolute atomic E-state index is 11.8. The first-order valence-corrected chi connectivity index (χ1v) is 8.01. The van der Waals surface area contributed by atoms with Crippen LogP contribution in [0.5, 0.6) is 0 Å². The minimum Gasteiger partial charge on any atom is -0.338 e. The smallest absolute Gasteiger partial charge is 0.219 e. The largest absolute Gasteiger partial charge is 0.338 e. The number of para-hydroxylation sites is 1. The van der Waals surface area contributed by atoms with Gasteiger partial charge in [-0.15, -0.1) is 0 Å². The van der Waals surface area contributed by atoms with Crippen molar-refractivity contribution in [2.24, 2.45) is 4.99 Å². The van der Waals surface area contributed by atoms with E-state index >= 15 is 0 Å². The van der Waals surface area contributed by atoms with Gasteiger partial charge in [0.25, 0.3) is 0 Å². The molecule has 1 aromatic carbocycles. The molecule has 23 heavy (non-hydrogen) atoms. The summed E-state index contributed by atoms with van der Waals surface area (Å²) in [7, 11) is 1.83. The standard InChI is InChI=1S/C19H23N3O/c1-13-9-10-21(15(3)23)12-17(13)19(20-4)22-11-14(2)16-7-5-6-8-18(16)22/h5-8,11H,9-10,12H2,1-4H3. The van der Waals surface area contributed by atoms with Gasteiger partial charge in [0.2, 0.25) is 5.91 Å². The van der Waals surface area contributed by atoms with E-state index in [2.05, 4.69) is 53.9 Å². The number of carbonyl (C=O) groups is 1. The highest BCUT2D eigenvalue weighted by Gasteiger charge is 2.23. The molecule has 0 atom stereocenters. The predicted molar refractivity (Wildman–Crippen MR) is 95.0 cm³/mol. The summed E-state index contributed by atoms with van der Waals surface area (Å²) < 4.78 is 2.16. The first-order chi connectivity index (χ1) is 11.0. The normalized spacial score (nSPS) is 16.3. The lowest BCUT2D eigenvalue weighted by Gasteiger charge is -2.30. The summed E-state index contributed by atoms with van der Waals surface area (Å²) in [6, 6.07) is 8.37. The van der Waals surface area contributed by atoms with Gasteiger partial charge in [0.05, 0.1) is 5.52 Å². The van der Waals surface area contributed by atoms with Gasteiger partial charge in [-0.1, -0.05) is 23.8 Å². The second kappa shape index (κ2) is 6.03. The van der Waals surface area contributed by atoms with Gasteiger partial charge < -0.3 is 9.47 Å². The fourth-order valence-electron chi connectivity index (χ4n) is 3.30. The van der Waals surface area contributed by atoms with Crippen molar-refractivity contribution in [1.82, 2.24) is 9.47 Å². The Morgan fingerprint density at radius 3 is 2.65 bits per heavy atom. The molecule has 1 aliphatic heterocycles. The predicted octanol–water partition coefficient (Wildman–Crippen LogP) is 3.39. The number of aromatic nitrogens is 1. The summed E-state index contributed by atoms with van der Waals surface area (Å²) in [6.45, 7) is 7.34. The Labute approximate surface area is 137 Å². The van der Waals surface area contributed by atoms with E-state index in [4.69, 9.17) is 0 Å². The quantitative estimate of drug-likeness (QED) is 0.587. The summed E-state index contributed by atoms with van der Waals surface area (Å²) in [5.41, 5.74) is 4.87. The van der Waals surface area contributed by atoms with Crippen LogP contribution in [-0.4, -0.2) is 41.3 Å². The molecular weight excluding hydrogens is 286 g/mol. The first-order valence-electron chi connectivity index (χ1n) is 8.01. The van der Waals surface area contributed by atoms with Crippen LogP contribution >= 0.6 is 0 Å². The van der Waals surface area contributed by atoms with Gasteiger partial charge in [-0.2, -0.15) is 0 Å². The van der Waals surface area contributed by atoms with Crippen molar-refractivity contribution >= 4 is 22.6 Å². The number of fused-ring (bicyclic) bond motifs is 1. The maximum atomic E-state index is 11.8. The number of benzene rings is 1. The molecule has 3 rings (SSSR count). The van der Waals surface area contributed by atoms with Crippen LogP contribution in [0.2, 0.25) is 0 Å². The van der Waals surface area contributed by atoms with E-state index in [1.165, 1.54) is 16.5 Å². The molecule has 1 aromatic heterocycles. The van der Waals surface area contributed by atoms with Crippen LogP contribution in [0.1, 0.15) is 25.8 Å². The van der Waals surface area contributed by atoms with Gasteiger partial charge in [0, 0.05) is 44.2 Å². The lowest BCUT2D eigenvalue weighted by atomic mass is 10.00. The summed E-state index contributed by atoms with van der Waals surface area (Å²) >= 11 is 0. The van der Waals surface area contributed by atoms with Crippen molar-refractivity contribution in [1.29, 1.82) is 0 Å². The first kappa shape index (κ1) is 15.5. The molecule has 4 nitrogen and oxygen atoms in total. The number of nitrogens with zero attached hydrogens (tertiary/aromatic N) is 3. The van der Waals surface area contributed by atoms with Gasteiger partial charge in [0.15, 0.2) is 0 Å². The molecule has 1 aliphatic rings. The SMILES string of the molecule is CN=C(C1=C(C)CCN(C(C)=O)C1)n1cc(C)c2ccccc21. The highest BCUT2D eigenvalue weighted by atomic mass is 16.2. The molecule has 2 heterocycles. The topological polar surface area (TPSA) is 37.6 Å². The fourth-order valence-corrected chi connectivity index (χ4v) is 3.30. The minimum absolute atomic E-state index is 0.124. The van der Waals surface area contributed by atoms with Crippen molar-refractivity contribution in [3.8, 4) is 0 Å². The Hall–Kier alpha value is -2.36. The number of aliphatic imine (C=N–C) groups is 1. The lowest BCUT2D eigenvalue weighted by molar-refractivity contribution is -0.128. The van der Waals surface area contributed by atoms with Gasteiger partial charge in [-0.3, -0.25) is 9.79 Å². The Morgan fingerprint density at radius 1 is 1.22 bits per heavy atom. The summed E-state index contributed by atoms with van der Waals surface area (Å²) in [5, 5.41) is 1.24. The van der Waals surface area contributed by atoms with Gasteiger partial charge in [-0.25, -0.2) is 0 Å². The summed E-state index contributed by atoms with van der Waals surface area (Å²) in [4.78, 5) is 18.2. The Bertz CT molecular complexity index is 826. The maximum Gasteiger partial charge on any atom is 0.219 e. The van der Waals surface area contributed by atoms with Gasteiger partial charge in [-0.05, 0) is 31.9 Å². The monoisotopic (exact) mass is 309 g/mol. The fraction of sp³-hybridized carbons (Fsp3) is 0.368. The van der Waals surface area contributed by atoms with E-state index < -0.39 is 0 Å². The van der Waals surface area contributed by atoms with E-state index in [1.54, 1.807) is 6.92 Å². The highest BCUT2D eigenvalue weighted by Crippen LogP contribution is 2.25. The number of hydrogen-bond donors (Lipinski definition) is 0. The van der Waals surface area contributed by atoms with E-state index in [0.717, 1.165) is 29.9 Å². The number of rotatable bonds is 1. The Kier molecular flexibility index (Phi) is 4.07. The third-order valence-electron chi connectivity index (χ3n) is 4.69. The van der Waals surface area contributed by atoms with Crippen molar-refractivity contribution in [3.63, 3.8) is 0 Å². The Morgan fingerprint density at radius 2 is 1.96 bits per heavy atom. The summed E-state index contributed by atoms with van der Waals surface area (Å²) in [5.74, 6) is 1.07. The Balaban J connectivity index is 2.11. The van der Waals surface area contributed by atoms with E-state index in [0.29, 0.717) is 6.54 Å². The zero-order chi connectivity index (χ0) is 16.6. The van der Waals surface area contributed by atoms with E-state index in [1.807, 2.05) is 11.9 Å². The van der Waals surface area contributed by atoms with Crippen molar-refractivity contribution in [3.05, 3.63) is 47.2 Å². The van der Waals surface area contributed by atoms with Crippen molar-refractivity contribution < 1.29 is 4.79 Å². The second-order valence-corrected chi connectivity index (χ2v) is 6.20. The van der Waals surface area contributed by atoms with Crippen LogP contribution < -0.4 is 0 Å². The van der Waals surface area contributed by atoms with Crippen LogP contribution in [0.4, 0.5) is 0 Å². The second-order valence-electron chi connectivity index (χ2n) is 6.20. The van der Waals surface area contributed by atoms with Gasteiger partial charge in [0.1, 0.15) is 5.84 Å². The molecular formula is C19H23N3O. The van der Waals surface area contributed by atoms with Crippen LogP contribution in [0, 0.1) is 6.92 Å². The van der Waals surface area contributed by atoms with Crippen molar-refractivity contribution in [2.75, 3.05) is 20.1 Å². The average Bonchev–Trinajstić information content (AvgIpc) is 2.87. The molecule has 0 saturated heterocycles. The van der Waals surface area contributed by atoms with Crippen LogP contribution in [0.3, 0.4) is 0 Å². The molecule has 0 fully saturated rings. The van der Waals surface area contributed by atoms with Gasteiger partial charge >= 0.3 is 0 Å². The van der Waals surface area contributed by atoms with Crippen LogP contribution in [-0.2, 0) is 4.79 Å². The zero-order valence-corrected chi connectivity index (χ0v) is 14.3. The molecule has 4 heteroatoms. The highest BCUT2D eigenvalue weighted by molar-refractivity contribution is 6.07. The molecule has 2 aromatic rings. The third kappa shape index (κ3) is 2.69. The molecule has 0 aliphatic carbocycles. The molecule has 0 bridgehead atoms. The van der Waals surface area contributed by atoms with E-state index in [9.17, 15) is 4.79 Å². The number of aryl methyl sites for hydroxylation is 1. The van der Waals surface area contributed by atoms with Crippen molar-refractivity contribution in [2.45, 2.75) is 27.2 Å². The summed E-state index contributed by atoms with van der Waals surface area (Å²) in [6.07, 6.45) is 3.05. The minimum atomic E-state index is 0.124. The van der Waals surface area contributed by atoms with Crippen LogP contribution in [0.15, 0.2) is 46.6 Å². The number of hydrogen-bond acceptors (Lipinski definition) is 2. The molecule has 120 valence electrons. The molecule has 0 spiro atoms. The molecule has 0 saturated carbocycles. The van der Waals surface area contributed by atoms with E-state index in [-0.39, 0.29) is 5.91 Å².